The van der Waals surface area contributed by atoms with Crippen LogP contribution < -0.4 is 5.32 Å². The predicted molar refractivity (Wildman–Crippen MR) is 71.6 cm³/mol. The Morgan fingerprint density at radius 2 is 1.82 bits per heavy atom. The molecule has 0 fully saturated rings. The number of rotatable bonds is 7. The highest BCUT2D eigenvalue weighted by Gasteiger charge is 2.16. The summed E-state index contributed by atoms with van der Waals surface area (Å²) in [6, 6.07) is 12.8. The van der Waals surface area contributed by atoms with Crippen molar-refractivity contribution in [2.75, 3.05) is 6.54 Å². The lowest BCUT2D eigenvalue weighted by Crippen LogP contribution is -2.35. The molecule has 1 aromatic carbocycles. The zero-order valence-corrected chi connectivity index (χ0v) is 10.8. The van der Waals surface area contributed by atoms with Gasteiger partial charge in [0.05, 0.1) is 12.1 Å². The van der Waals surface area contributed by atoms with Crippen LogP contribution in [0.15, 0.2) is 30.3 Å². The average Bonchev–Trinajstić information content (AvgIpc) is 2.39. The number of nitrogens with one attached hydrogen (secondary N) is 1. The van der Waals surface area contributed by atoms with Crippen LogP contribution in [0.5, 0.6) is 0 Å². The molecular formula is C15H22N2. The van der Waals surface area contributed by atoms with Crippen molar-refractivity contribution in [3.8, 4) is 6.07 Å². The Morgan fingerprint density at radius 1 is 1.18 bits per heavy atom. The SMILES string of the molecule is CCC(CC)[C@@H](C#N)NCCc1ccccc1. The molecule has 1 N–H and O–H groups in total. The summed E-state index contributed by atoms with van der Waals surface area (Å²) in [6.07, 6.45) is 3.11. The van der Waals surface area contributed by atoms with Crippen molar-refractivity contribution in [1.82, 2.24) is 5.32 Å². The molecule has 0 aliphatic rings. The molecule has 1 rings (SSSR count). The first kappa shape index (κ1) is 13.7. The third kappa shape index (κ3) is 4.58. The van der Waals surface area contributed by atoms with Crippen molar-refractivity contribution < 1.29 is 0 Å². The van der Waals surface area contributed by atoms with Crippen LogP contribution in [-0.4, -0.2) is 12.6 Å². The molecule has 92 valence electrons. The number of hydrogen-bond acceptors (Lipinski definition) is 2. The first-order chi connectivity index (χ1) is 8.31. The number of nitrogens with zero attached hydrogens (tertiary/aromatic N) is 1. The van der Waals surface area contributed by atoms with Crippen molar-refractivity contribution >= 4 is 0 Å². The third-order valence-corrected chi connectivity index (χ3v) is 3.28. The van der Waals surface area contributed by atoms with Gasteiger partial charge in [-0.2, -0.15) is 5.26 Å². The third-order valence-electron chi connectivity index (χ3n) is 3.28. The zero-order valence-electron chi connectivity index (χ0n) is 10.8. The van der Waals surface area contributed by atoms with Gasteiger partial charge < -0.3 is 5.32 Å². The lowest BCUT2D eigenvalue weighted by molar-refractivity contribution is 0.391. The fourth-order valence-corrected chi connectivity index (χ4v) is 2.09. The Labute approximate surface area is 105 Å². The van der Waals surface area contributed by atoms with Crippen molar-refractivity contribution in [3.05, 3.63) is 35.9 Å². The summed E-state index contributed by atoms with van der Waals surface area (Å²) in [4.78, 5) is 0. The molecule has 2 heteroatoms. The average molecular weight is 230 g/mol. The fraction of sp³-hybridized carbons (Fsp3) is 0.533. The van der Waals surface area contributed by atoms with Gasteiger partial charge in [0.15, 0.2) is 0 Å². The molecule has 0 amide bonds. The summed E-state index contributed by atoms with van der Waals surface area (Å²) in [7, 11) is 0. The highest BCUT2D eigenvalue weighted by molar-refractivity contribution is 5.15. The van der Waals surface area contributed by atoms with Crippen molar-refractivity contribution in [2.45, 2.75) is 39.2 Å². The van der Waals surface area contributed by atoms with E-state index in [9.17, 15) is 0 Å². The van der Waals surface area contributed by atoms with E-state index >= 15 is 0 Å². The van der Waals surface area contributed by atoms with Crippen LogP contribution >= 0.6 is 0 Å². The maximum atomic E-state index is 9.14. The second-order valence-corrected chi connectivity index (χ2v) is 4.37. The summed E-state index contributed by atoms with van der Waals surface area (Å²) in [5.74, 6) is 0.468. The van der Waals surface area contributed by atoms with Gasteiger partial charge in [-0.25, -0.2) is 0 Å². The minimum Gasteiger partial charge on any atom is -0.301 e. The Morgan fingerprint density at radius 3 is 2.35 bits per heavy atom. The molecule has 2 nitrogen and oxygen atoms in total. The lowest BCUT2D eigenvalue weighted by atomic mass is 9.95. The topological polar surface area (TPSA) is 35.8 Å². The van der Waals surface area contributed by atoms with E-state index in [0.29, 0.717) is 5.92 Å². The Bertz CT molecular complexity index is 336. The second kappa shape index (κ2) is 7.86. The van der Waals surface area contributed by atoms with Crippen LogP contribution in [0.3, 0.4) is 0 Å². The van der Waals surface area contributed by atoms with Gasteiger partial charge in [0, 0.05) is 6.54 Å². The molecule has 1 atom stereocenters. The highest BCUT2D eigenvalue weighted by Crippen LogP contribution is 2.12. The monoisotopic (exact) mass is 230 g/mol. The van der Waals surface area contributed by atoms with Crippen LogP contribution in [-0.2, 0) is 6.42 Å². The van der Waals surface area contributed by atoms with Crippen LogP contribution in [0.4, 0.5) is 0 Å². The first-order valence-corrected chi connectivity index (χ1v) is 6.48. The summed E-state index contributed by atoms with van der Waals surface area (Å²) < 4.78 is 0. The molecule has 0 heterocycles. The molecule has 1 aromatic rings. The highest BCUT2D eigenvalue weighted by atomic mass is 14.9. The Kier molecular flexibility index (Phi) is 6.35. The summed E-state index contributed by atoms with van der Waals surface area (Å²) >= 11 is 0. The molecule has 0 bridgehead atoms. The van der Waals surface area contributed by atoms with E-state index in [1.807, 2.05) is 6.07 Å². The molecule has 0 aliphatic carbocycles. The summed E-state index contributed by atoms with van der Waals surface area (Å²) in [6.45, 7) is 5.17. The largest absolute Gasteiger partial charge is 0.301 e. The van der Waals surface area contributed by atoms with Crippen LogP contribution in [0, 0.1) is 17.2 Å². The van der Waals surface area contributed by atoms with Gasteiger partial charge in [0.25, 0.3) is 0 Å². The van der Waals surface area contributed by atoms with Crippen molar-refractivity contribution in [3.63, 3.8) is 0 Å². The van der Waals surface area contributed by atoms with E-state index in [2.05, 4.69) is 49.5 Å². The smallest absolute Gasteiger partial charge is 0.0981 e. The quantitative estimate of drug-likeness (QED) is 0.781. The van der Waals surface area contributed by atoms with E-state index < -0.39 is 0 Å². The number of hydrogen-bond donors (Lipinski definition) is 1. The van der Waals surface area contributed by atoms with Gasteiger partial charge >= 0.3 is 0 Å². The van der Waals surface area contributed by atoms with Gasteiger partial charge in [-0.15, -0.1) is 0 Å². The van der Waals surface area contributed by atoms with Crippen molar-refractivity contribution in [1.29, 1.82) is 5.26 Å². The fourth-order valence-electron chi connectivity index (χ4n) is 2.09. The maximum Gasteiger partial charge on any atom is 0.0981 e. The minimum absolute atomic E-state index is 0.00582. The minimum atomic E-state index is -0.00582. The van der Waals surface area contributed by atoms with Gasteiger partial charge in [-0.1, -0.05) is 57.0 Å². The van der Waals surface area contributed by atoms with E-state index in [4.69, 9.17) is 5.26 Å². The van der Waals surface area contributed by atoms with Crippen molar-refractivity contribution in [2.24, 2.45) is 5.92 Å². The molecule has 0 saturated heterocycles. The van der Waals surface area contributed by atoms with E-state index in [1.54, 1.807) is 0 Å². The molecule has 0 saturated carbocycles. The van der Waals surface area contributed by atoms with Crippen LogP contribution in [0.1, 0.15) is 32.3 Å². The van der Waals surface area contributed by atoms with Gasteiger partial charge in [0.1, 0.15) is 0 Å². The molecular weight excluding hydrogens is 208 g/mol. The molecule has 0 aliphatic heterocycles. The molecule has 0 spiro atoms. The van der Waals surface area contributed by atoms with Gasteiger partial charge in [-0.05, 0) is 17.9 Å². The molecule has 0 aromatic heterocycles. The summed E-state index contributed by atoms with van der Waals surface area (Å²) in [5.41, 5.74) is 1.32. The van der Waals surface area contributed by atoms with Gasteiger partial charge in [0.2, 0.25) is 0 Å². The predicted octanol–water partition coefficient (Wildman–Crippen LogP) is 3.15. The van der Waals surface area contributed by atoms with E-state index in [1.165, 1.54) is 5.56 Å². The molecule has 17 heavy (non-hydrogen) atoms. The number of nitriles is 1. The summed E-state index contributed by atoms with van der Waals surface area (Å²) in [5, 5.41) is 12.5. The van der Waals surface area contributed by atoms with Gasteiger partial charge in [-0.3, -0.25) is 0 Å². The molecule has 0 unspecified atom stereocenters. The second-order valence-electron chi connectivity index (χ2n) is 4.37. The normalized spacial score (nSPS) is 12.4. The van der Waals surface area contributed by atoms with E-state index in [0.717, 1.165) is 25.8 Å². The maximum absolute atomic E-state index is 9.14. The lowest BCUT2D eigenvalue weighted by Gasteiger charge is -2.20. The van der Waals surface area contributed by atoms with Crippen LogP contribution in [0.2, 0.25) is 0 Å². The van der Waals surface area contributed by atoms with Crippen LogP contribution in [0.25, 0.3) is 0 Å². The Hall–Kier alpha value is -1.33. The zero-order chi connectivity index (χ0) is 12.5. The van der Waals surface area contributed by atoms with E-state index in [-0.39, 0.29) is 6.04 Å². The molecule has 0 radical (unpaired) electrons. The Balaban J connectivity index is 2.36. The number of benzene rings is 1. The first-order valence-electron chi connectivity index (χ1n) is 6.48. The standard InChI is InChI=1S/C15H22N2/c1-3-14(4-2)15(12-16)17-11-10-13-8-6-5-7-9-13/h5-9,14-15,17H,3-4,10-11H2,1-2H3/t15-/m1/s1.